The molecule has 1 fully saturated rings. The number of ether oxygens (including phenoxy) is 2. The SMILES string of the molecule is CCOc1ccc(C(O)CCC2CCCCO2)cc1Br. The van der Waals surface area contributed by atoms with E-state index in [4.69, 9.17) is 9.47 Å². The normalized spacial score (nSPS) is 20.6. The second kappa shape index (κ2) is 8.01. The topological polar surface area (TPSA) is 38.7 Å². The van der Waals surface area contributed by atoms with Crippen molar-refractivity contribution in [1.29, 1.82) is 0 Å². The molecule has 0 spiro atoms. The van der Waals surface area contributed by atoms with Crippen LogP contribution in [0, 0.1) is 0 Å². The zero-order valence-electron chi connectivity index (χ0n) is 12.0. The third kappa shape index (κ3) is 4.47. The summed E-state index contributed by atoms with van der Waals surface area (Å²) in [6.07, 6.45) is 5.09. The summed E-state index contributed by atoms with van der Waals surface area (Å²) >= 11 is 3.48. The van der Waals surface area contributed by atoms with Gasteiger partial charge in [0.05, 0.1) is 23.3 Å². The lowest BCUT2D eigenvalue weighted by molar-refractivity contribution is 0.00212. The van der Waals surface area contributed by atoms with Crippen LogP contribution in [0.4, 0.5) is 0 Å². The second-order valence-electron chi connectivity index (χ2n) is 5.20. The lowest BCUT2D eigenvalue weighted by Crippen LogP contribution is -2.19. The fourth-order valence-electron chi connectivity index (χ4n) is 2.54. The van der Waals surface area contributed by atoms with Crippen LogP contribution in [-0.2, 0) is 4.74 Å². The molecule has 0 aliphatic carbocycles. The minimum Gasteiger partial charge on any atom is -0.493 e. The molecule has 1 aromatic carbocycles. The zero-order chi connectivity index (χ0) is 14.4. The van der Waals surface area contributed by atoms with E-state index in [2.05, 4.69) is 15.9 Å². The third-order valence-corrected chi connectivity index (χ3v) is 4.30. The number of halogens is 1. The van der Waals surface area contributed by atoms with E-state index in [0.29, 0.717) is 12.7 Å². The number of rotatable bonds is 6. The third-order valence-electron chi connectivity index (χ3n) is 3.68. The number of hydrogen-bond donors (Lipinski definition) is 1. The first kappa shape index (κ1) is 15.8. The molecule has 0 radical (unpaired) electrons. The number of aliphatic hydroxyl groups is 1. The maximum Gasteiger partial charge on any atom is 0.133 e. The molecule has 20 heavy (non-hydrogen) atoms. The van der Waals surface area contributed by atoms with Gasteiger partial charge in [-0.15, -0.1) is 0 Å². The zero-order valence-corrected chi connectivity index (χ0v) is 13.6. The second-order valence-corrected chi connectivity index (χ2v) is 6.06. The predicted octanol–water partition coefficient (Wildman–Crippen LogP) is 4.23. The fourth-order valence-corrected chi connectivity index (χ4v) is 3.05. The Morgan fingerprint density at radius 2 is 2.30 bits per heavy atom. The van der Waals surface area contributed by atoms with Crippen molar-refractivity contribution in [3.8, 4) is 5.75 Å². The van der Waals surface area contributed by atoms with Crippen molar-refractivity contribution < 1.29 is 14.6 Å². The van der Waals surface area contributed by atoms with Crippen molar-refractivity contribution in [2.45, 2.75) is 51.2 Å². The smallest absolute Gasteiger partial charge is 0.133 e. The van der Waals surface area contributed by atoms with Gasteiger partial charge in [0.2, 0.25) is 0 Å². The van der Waals surface area contributed by atoms with Crippen LogP contribution < -0.4 is 4.74 Å². The van der Waals surface area contributed by atoms with Crippen molar-refractivity contribution in [1.82, 2.24) is 0 Å². The summed E-state index contributed by atoms with van der Waals surface area (Å²) in [5, 5.41) is 10.3. The summed E-state index contributed by atoms with van der Waals surface area (Å²) in [5.41, 5.74) is 0.927. The molecule has 1 N–H and O–H groups in total. The van der Waals surface area contributed by atoms with Crippen molar-refractivity contribution >= 4 is 15.9 Å². The van der Waals surface area contributed by atoms with Gasteiger partial charge in [0, 0.05) is 6.61 Å². The fraction of sp³-hybridized carbons (Fsp3) is 0.625. The highest BCUT2D eigenvalue weighted by molar-refractivity contribution is 9.10. The van der Waals surface area contributed by atoms with Crippen molar-refractivity contribution in [3.63, 3.8) is 0 Å². The Morgan fingerprint density at radius 3 is 2.95 bits per heavy atom. The Balaban J connectivity index is 1.88. The van der Waals surface area contributed by atoms with Gasteiger partial charge in [0.25, 0.3) is 0 Å². The largest absolute Gasteiger partial charge is 0.493 e. The molecule has 3 nitrogen and oxygen atoms in total. The van der Waals surface area contributed by atoms with Gasteiger partial charge in [-0.2, -0.15) is 0 Å². The lowest BCUT2D eigenvalue weighted by atomic mass is 9.99. The molecular weight excluding hydrogens is 320 g/mol. The highest BCUT2D eigenvalue weighted by atomic mass is 79.9. The maximum atomic E-state index is 10.3. The standard InChI is InChI=1S/C16H23BrO3/c1-2-19-16-9-6-12(11-14(16)17)15(18)8-7-13-5-3-4-10-20-13/h6,9,11,13,15,18H,2-5,7-8,10H2,1H3. The number of benzene rings is 1. The van der Waals surface area contributed by atoms with E-state index in [9.17, 15) is 5.11 Å². The van der Waals surface area contributed by atoms with Crippen LogP contribution in [0.15, 0.2) is 22.7 Å². The molecule has 2 unspecified atom stereocenters. The molecule has 0 bridgehead atoms. The van der Waals surface area contributed by atoms with E-state index in [1.165, 1.54) is 12.8 Å². The van der Waals surface area contributed by atoms with Gasteiger partial charge in [-0.05, 0) is 72.7 Å². The van der Waals surface area contributed by atoms with Crippen LogP contribution >= 0.6 is 15.9 Å². The summed E-state index contributed by atoms with van der Waals surface area (Å²) in [7, 11) is 0. The van der Waals surface area contributed by atoms with Crippen LogP contribution in [0.25, 0.3) is 0 Å². The number of hydrogen-bond acceptors (Lipinski definition) is 3. The Kier molecular flexibility index (Phi) is 6.33. The Hall–Kier alpha value is -0.580. The van der Waals surface area contributed by atoms with E-state index < -0.39 is 6.10 Å². The first-order chi connectivity index (χ1) is 9.70. The Morgan fingerprint density at radius 1 is 1.45 bits per heavy atom. The maximum absolute atomic E-state index is 10.3. The van der Waals surface area contributed by atoms with Gasteiger partial charge >= 0.3 is 0 Å². The lowest BCUT2D eigenvalue weighted by Gasteiger charge is -2.23. The van der Waals surface area contributed by atoms with Gasteiger partial charge in [-0.1, -0.05) is 6.07 Å². The van der Waals surface area contributed by atoms with Crippen molar-refractivity contribution in [3.05, 3.63) is 28.2 Å². The molecule has 1 aliphatic heterocycles. The molecule has 1 saturated heterocycles. The quantitative estimate of drug-likeness (QED) is 0.840. The van der Waals surface area contributed by atoms with Gasteiger partial charge in [0.15, 0.2) is 0 Å². The minimum absolute atomic E-state index is 0.324. The summed E-state index contributed by atoms with van der Waals surface area (Å²) in [4.78, 5) is 0. The molecule has 1 aliphatic rings. The molecule has 2 atom stereocenters. The van der Waals surface area contributed by atoms with Crippen LogP contribution in [-0.4, -0.2) is 24.4 Å². The van der Waals surface area contributed by atoms with E-state index in [-0.39, 0.29) is 0 Å². The average molecular weight is 343 g/mol. The molecule has 2 rings (SSSR count). The predicted molar refractivity (Wildman–Crippen MR) is 83.1 cm³/mol. The molecule has 1 heterocycles. The van der Waals surface area contributed by atoms with Crippen molar-refractivity contribution in [2.75, 3.05) is 13.2 Å². The molecule has 0 amide bonds. The van der Waals surface area contributed by atoms with E-state index in [1.54, 1.807) is 0 Å². The van der Waals surface area contributed by atoms with E-state index in [1.807, 2.05) is 25.1 Å². The summed E-state index contributed by atoms with van der Waals surface area (Å²) in [6, 6.07) is 5.78. The monoisotopic (exact) mass is 342 g/mol. The van der Waals surface area contributed by atoms with Crippen LogP contribution in [0.5, 0.6) is 5.75 Å². The Labute approximate surface area is 129 Å². The molecule has 4 heteroatoms. The van der Waals surface area contributed by atoms with Gasteiger partial charge in [0.1, 0.15) is 5.75 Å². The molecule has 112 valence electrons. The highest BCUT2D eigenvalue weighted by Crippen LogP contribution is 2.30. The molecule has 0 aromatic heterocycles. The molecule has 1 aromatic rings. The van der Waals surface area contributed by atoms with Crippen LogP contribution in [0.3, 0.4) is 0 Å². The van der Waals surface area contributed by atoms with Gasteiger partial charge in [-0.25, -0.2) is 0 Å². The molecule has 0 saturated carbocycles. The number of aliphatic hydroxyl groups excluding tert-OH is 1. The summed E-state index contributed by atoms with van der Waals surface area (Å²) in [5.74, 6) is 0.819. The van der Waals surface area contributed by atoms with Gasteiger partial charge < -0.3 is 14.6 Å². The summed E-state index contributed by atoms with van der Waals surface area (Å²) < 4.78 is 12.1. The highest BCUT2D eigenvalue weighted by Gasteiger charge is 2.17. The summed E-state index contributed by atoms with van der Waals surface area (Å²) in [6.45, 7) is 3.47. The van der Waals surface area contributed by atoms with Crippen LogP contribution in [0.2, 0.25) is 0 Å². The van der Waals surface area contributed by atoms with Crippen molar-refractivity contribution in [2.24, 2.45) is 0 Å². The minimum atomic E-state index is -0.437. The Bertz CT molecular complexity index is 416. The van der Waals surface area contributed by atoms with E-state index in [0.717, 1.165) is 41.7 Å². The van der Waals surface area contributed by atoms with Gasteiger partial charge in [-0.3, -0.25) is 0 Å². The van der Waals surface area contributed by atoms with E-state index >= 15 is 0 Å². The first-order valence-electron chi connectivity index (χ1n) is 7.42. The van der Waals surface area contributed by atoms with Crippen LogP contribution in [0.1, 0.15) is 50.7 Å². The molecular formula is C16H23BrO3. The first-order valence-corrected chi connectivity index (χ1v) is 8.22. The average Bonchev–Trinajstić information content (AvgIpc) is 2.48.